The minimum absolute atomic E-state index is 0.510. The van der Waals surface area contributed by atoms with Gasteiger partial charge in [0.1, 0.15) is 5.75 Å². The average Bonchev–Trinajstić information content (AvgIpc) is 2.39. The van der Waals surface area contributed by atoms with Crippen molar-refractivity contribution in [3.05, 3.63) is 23.8 Å². The first-order chi connectivity index (χ1) is 9.10. The Morgan fingerprint density at radius 2 is 2.21 bits per heavy atom. The maximum atomic E-state index is 5.30. The van der Waals surface area contributed by atoms with E-state index in [0.29, 0.717) is 6.04 Å². The number of nitrogens with zero attached hydrogens (tertiary/aromatic N) is 1. The second-order valence-corrected chi connectivity index (χ2v) is 5.78. The van der Waals surface area contributed by atoms with Crippen LogP contribution in [-0.2, 0) is 0 Å². The quantitative estimate of drug-likeness (QED) is 0.902. The number of hydrogen-bond acceptors (Lipinski definition) is 3. The van der Waals surface area contributed by atoms with Gasteiger partial charge >= 0.3 is 0 Å². The minimum Gasteiger partial charge on any atom is -0.496 e. The molecular weight excluding hydrogens is 236 g/mol. The van der Waals surface area contributed by atoms with Crippen molar-refractivity contribution in [2.45, 2.75) is 32.7 Å². The van der Waals surface area contributed by atoms with Crippen molar-refractivity contribution in [1.29, 1.82) is 0 Å². The van der Waals surface area contributed by atoms with Crippen molar-refractivity contribution in [3.63, 3.8) is 0 Å². The van der Waals surface area contributed by atoms with Crippen molar-refractivity contribution in [1.82, 2.24) is 4.90 Å². The lowest BCUT2D eigenvalue weighted by Gasteiger charge is -2.34. The smallest absolute Gasteiger partial charge is 0.121 e. The Balaban J connectivity index is 1.98. The zero-order valence-corrected chi connectivity index (χ0v) is 12.6. The van der Waals surface area contributed by atoms with Gasteiger partial charge in [0.25, 0.3) is 0 Å². The van der Waals surface area contributed by atoms with E-state index in [1.165, 1.54) is 37.2 Å². The lowest BCUT2D eigenvalue weighted by molar-refractivity contribution is 0.197. The van der Waals surface area contributed by atoms with Crippen LogP contribution in [0.1, 0.15) is 25.3 Å². The van der Waals surface area contributed by atoms with Crippen molar-refractivity contribution < 1.29 is 4.74 Å². The third-order valence-electron chi connectivity index (χ3n) is 4.16. The highest BCUT2D eigenvalue weighted by atomic mass is 16.5. The Morgan fingerprint density at radius 1 is 1.42 bits per heavy atom. The van der Waals surface area contributed by atoms with Gasteiger partial charge in [0.15, 0.2) is 0 Å². The molecule has 1 heterocycles. The van der Waals surface area contributed by atoms with Crippen LogP contribution in [-0.4, -0.2) is 38.2 Å². The molecule has 0 aromatic heterocycles. The molecule has 19 heavy (non-hydrogen) atoms. The molecule has 3 heteroatoms. The van der Waals surface area contributed by atoms with Crippen LogP contribution < -0.4 is 10.1 Å². The molecule has 1 N–H and O–H groups in total. The molecule has 0 bridgehead atoms. The number of rotatable bonds is 4. The van der Waals surface area contributed by atoms with Gasteiger partial charge in [-0.3, -0.25) is 0 Å². The van der Waals surface area contributed by atoms with Gasteiger partial charge in [-0.1, -0.05) is 0 Å². The van der Waals surface area contributed by atoms with E-state index in [1.807, 2.05) is 6.07 Å². The van der Waals surface area contributed by atoms with E-state index < -0.39 is 0 Å². The van der Waals surface area contributed by atoms with E-state index in [-0.39, 0.29) is 0 Å². The normalized spacial score (nSPS) is 22.0. The zero-order chi connectivity index (χ0) is 13.8. The molecule has 0 saturated carbocycles. The largest absolute Gasteiger partial charge is 0.496 e. The molecule has 0 spiro atoms. The molecule has 1 saturated heterocycles. The monoisotopic (exact) mass is 262 g/mol. The number of benzene rings is 1. The average molecular weight is 262 g/mol. The maximum absolute atomic E-state index is 5.30. The number of hydrogen-bond donors (Lipinski definition) is 1. The summed E-state index contributed by atoms with van der Waals surface area (Å²) in [7, 11) is 3.94. The molecule has 1 aliphatic rings. The lowest BCUT2D eigenvalue weighted by Crippen LogP contribution is -2.39. The third-order valence-corrected chi connectivity index (χ3v) is 4.16. The Labute approximate surface area is 116 Å². The summed E-state index contributed by atoms with van der Waals surface area (Å²) >= 11 is 0. The summed E-state index contributed by atoms with van der Waals surface area (Å²) in [6.45, 7) is 6.82. The van der Waals surface area contributed by atoms with E-state index in [9.17, 15) is 0 Å². The Bertz CT molecular complexity index is 419. The van der Waals surface area contributed by atoms with Crippen LogP contribution in [0.3, 0.4) is 0 Å². The van der Waals surface area contributed by atoms with Gasteiger partial charge in [-0.25, -0.2) is 0 Å². The fourth-order valence-electron chi connectivity index (χ4n) is 2.96. The third kappa shape index (κ3) is 3.63. The van der Waals surface area contributed by atoms with E-state index in [0.717, 1.165) is 11.7 Å². The Morgan fingerprint density at radius 3 is 2.84 bits per heavy atom. The minimum atomic E-state index is 0.510. The molecular formula is C16H26N2O. The standard InChI is InChI=1S/C16H26N2O/c1-12-10-15(7-8-16(12)19-4)17-13(2)14-6-5-9-18(3)11-14/h7-8,10,13-14,17H,5-6,9,11H2,1-4H3. The summed E-state index contributed by atoms with van der Waals surface area (Å²) in [5, 5.41) is 3.64. The van der Waals surface area contributed by atoms with Crippen molar-refractivity contribution >= 4 is 5.69 Å². The van der Waals surface area contributed by atoms with Crippen molar-refractivity contribution in [2.75, 3.05) is 32.6 Å². The van der Waals surface area contributed by atoms with Crippen molar-refractivity contribution in [2.24, 2.45) is 5.92 Å². The molecule has 2 unspecified atom stereocenters. The topological polar surface area (TPSA) is 24.5 Å². The van der Waals surface area contributed by atoms with Gasteiger partial charge in [0.2, 0.25) is 0 Å². The summed E-state index contributed by atoms with van der Waals surface area (Å²) in [4.78, 5) is 2.44. The summed E-state index contributed by atoms with van der Waals surface area (Å²) in [5.41, 5.74) is 2.37. The number of methoxy groups -OCH3 is 1. The first-order valence-electron chi connectivity index (χ1n) is 7.20. The predicted molar refractivity (Wildman–Crippen MR) is 81.0 cm³/mol. The second kappa shape index (κ2) is 6.29. The van der Waals surface area contributed by atoms with Gasteiger partial charge < -0.3 is 15.0 Å². The number of anilines is 1. The molecule has 0 radical (unpaired) electrons. The van der Waals surface area contributed by atoms with Gasteiger partial charge in [0, 0.05) is 18.3 Å². The summed E-state index contributed by atoms with van der Waals surface area (Å²) in [6, 6.07) is 6.82. The highest BCUT2D eigenvalue weighted by Crippen LogP contribution is 2.25. The number of piperidine rings is 1. The number of likely N-dealkylation sites (tertiary alicyclic amines) is 1. The number of aryl methyl sites for hydroxylation is 1. The fraction of sp³-hybridized carbons (Fsp3) is 0.625. The van der Waals surface area contributed by atoms with Crippen LogP contribution in [0.2, 0.25) is 0 Å². The molecule has 2 atom stereocenters. The number of nitrogens with one attached hydrogen (secondary N) is 1. The SMILES string of the molecule is COc1ccc(NC(C)C2CCCN(C)C2)cc1C. The fourth-order valence-corrected chi connectivity index (χ4v) is 2.96. The summed E-state index contributed by atoms with van der Waals surface area (Å²) in [5.74, 6) is 1.69. The molecule has 1 aromatic carbocycles. The molecule has 0 aliphatic carbocycles. The summed E-state index contributed by atoms with van der Waals surface area (Å²) < 4.78 is 5.30. The van der Waals surface area contributed by atoms with Crippen LogP contribution in [0.25, 0.3) is 0 Å². The number of ether oxygens (including phenoxy) is 1. The van der Waals surface area contributed by atoms with E-state index >= 15 is 0 Å². The van der Waals surface area contributed by atoms with Crippen LogP contribution in [0, 0.1) is 12.8 Å². The highest BCUT2D eigenvalue weighted by molar-refractivity contribution is 5.51. The maximum Gasteiger partial charge on any atom is 0.121 e. The first-order valence-corrected chi connectivity index (χ1v) is 7.20. The Hall–Kier alpha value is -1.22. The van der Waals surface area contributed by atoms with Crippen molar-refractivity contribution in [3.8, 4) is 5.75 Å². The summed E-state index contributed by atoms with van der Waals surface area (Å²) in [6.07, 6.45) is 2.64. The van der Waals surface area contributed by atoms with Gasteiger partial charge in [-0.15, -0.1) is 0 Å². The van der Waals surface area contributed by atoms with Gasteiger partial charge in [0.05, 0.1) is 7.11 Å². The zero-order valence-electron chi connectivity index (χ0n) is 12.6. The van der Waals surface area contributed by atoms with E-state index in [4.69, 9.17) is 4.74 Å². The van der Waals surface area contributed by atoms with E-state index in [2.05, 4.69) is 43.2 Å². The molecule has 1 fully saturated rings. The lowest BCUT2D eigenvalue weighted by atomic mass is 9.91. The van der Waals surface area contributed by atoms with Gasteiger partial charge in [-0.05, 0) is 70.0 Å². The van der Waals surface area contributed by atoms with Crippen LogP contribution >= 0.6 is 0 Å². The van der Waals surface area contributed by atoms with Crippen LogP contribution in [0.15, 0.2) is 18.2 Å². The van der Waals surface area contributed by atoms with E-state index in [1.54, 1.807) is 7.11 Å². The van der Waals surface area contributed by atoms with Crippen LogP contribution in [0.5, 0.6) is 5.75 Å². The first kappa shape index (κ1) is 14.2. The van der Waals surface area contributed by atoms with Gasteiger partial charge in [-0.2, -0.15) is 0 Å². The molecule has 3 nitrogen and oxygen atoms in total. The molecule has 2 rings (SSSR count). The molecule has 1 aromatic rings. The predicted octanol–water partition coefficient (Wildman–Crippen LogP) is 3.15. The molecule has 0 amide bonds. The molecule has 1 aliphatic heterocycles. The Kier molecular flexibility index (Phi) is 4.70. The second-order valence-electron chi connectivity index (χ2n) is 5.78. The van der Waals surface area contributed by atoms with Crippen LogP contribution in [0.4, 0.5) is 5.69 Å². The highest BCUT2D eigenvalue weighted by Gasteiger charge is 2.22. The molecule has 106 valence electrons.